The molecule has 148 valence electrons. The van der Waals surface area contributed by atoms with Gasteiger partial charge >= 0.3 is 5.97 Å². The van der Waals surface area contributed by atoms with Gasteiger partial charge < -0.3 is 15.3 Å². The molecule has 0 bridgehead atoms. The lowest BCUT2D eigenvalue weighted by Gasteiger charge is -2.17. The van der Waals surface area contributed by atoms with Crippen molar-refractivity contribution in [3.8, 4) is 0 Å². The van der Waals surface area contributed by atoms with Crippen LogP contribution >= 0.6 is 11.8 Å². The molecule has 1 unspecified atom stereocenters. The maximum Gasteiger partial charge on any atom is 0.308 e. The molecule has 6 nitrogen and oxygen atoms in total. The van der Waals surface area contributed by atoms with Crippen LogP contribution in [-0.4, -0.2) is 53.2 Å². The predicted octanol–water partition coefficient (Wildman–Crippen LogP) is 2.88. The van der Waals surface area contributed by atoms with E-state index in [9.17, 15) is 19.5 Å². The molecule has 0 radical (unpaired) electrons. The number of hydrogen-bond donors (Lipinski definition) is 2. The van der Waals surface area contributed by atoms with Crippen molar-refractivity contribution in [2.75, 3.05) is 25.4 Å². The van der Waals surface area contributed by atoms with Crippen LogP contribution in [0.5, 0.6) is 0 Å². The fourth-order valence-electron chi connectivity index (χ4n) is 3.13. The van der Waals surface area contributed by atoms with Crippen LogP contribution in [0, 0.1) is 11.8 Å². The van der Waals surface area contributed by atoms with Gasteiger partial charge in [0.1, 0.15) is 0 Å². The molecule has 1 atom stereocenters. The van der Waals surface area contributed by atoms with Gasteiger partial charge in [0, 0.05) is 24.5 Å². The van der Waals surface area contributed by atoms with E-state index in [0.29, 0.717) is 17.7 Å². The number of carboxylic acids is 1. The Kier molecular flexibility index (Phi) is 8.16. The highest BCUT2D eigenvalue weighted by molar-refractivity contribution is 8.00. The number of nitrogens with zero attached hydrogens (tertiary/aromatic N) is 1. The minimum atomic E-state index is -0.900. The summed E-state index contributed by atoms with van der Waals surface area (Å²) in [6, 6.07) is 7.12. The van der Waals surface area contributed by atoms with Crippen molar-refractivity contribution in [2.24, 2.45) is 11.8 Å². The van der Waals surface area contributed by atoms with Crippen LogP contribution < -0.4 is 5.32 Å². The van der Waals surface area contributed by atoms with Crippen molar-refractivity contribution < 1.29 is 19.5 Å². The molecule has 0 spiro atoms. The zero-order valence-corrected chi connectivity index (χ0v) is 16.8. The quantitative estimate of drug-likeness (QED) is 0.631. The summed E-state index contributed by atoms with van der Waals surface area (Å²) in [5, 5.41) is 12.1. The Hall–Kier alpha value is -2.02. The molecular weight excluding hydrogens is 364 g/mol. The minimum absolute atomic E-state index is 0.0931. The Morgan fingerprint density at radius 3 is 2.48 bits per heavy atom. The van der Waals surface area contributed by atoms with Crippen molar-refractivity contribution in [3.05, 3.63) is 29.8 Å². The third-order valence-corrected chi connectivity index (χ3v) is 5.61. The lowest BCUT2D eigenvalue weighted by molar-refractivity contribution is -0.142. The average Bonchev–Trinajstić information content (AvgIpc) is 3.17. The topological polar surface area (TPSA) is 86.7 Å². The molecule has 7 heteroatoms. The van der Waals surface area contributed by atoms with Gasteiger partial charge in [-0.1, -0.05) is 26.0 Å². The second-order valence-corrected chi connectivity index (χ2v) is 8.26. The van der Waals surface area contributed by atoms with E-state index in [0.717, 1.165) is 30.8 Å². The van der Waals surface area contributed by atoms with E-state index in [4.69, 9.17) is 0 Å². The van der Waals surface area contributed by atoms with Gasteiger partial charge in [0.2, 0.25) is 5.91 Å². The molecule has 1 saturated heterocycles. The predicted molar refractivity (Wildman–Crippen MR) is 106 cm³/mol. The summed E-state index contributed by atoms with van der Waals surface area (Å²) in [6.45, 7) is 5.64. The largest absolute Gasteiger partial charge is 0.481 e. The molecule has 1 aromatic rings. The van der Waals surface area contributed by atoms with Crippen molar-refractivity contribution in [1.82, 2.24) is 10.2 Å². The number of carbonyl (C=O) groups excluding carboxylic acids is 2. The lowest BCUT2D eigenvalue weighted by Crippen LogP contribution is -2.34. The van der Waals surface area contributed by atoms with Gasteiger partial charge in [-0.3, -0.25) is 14.4 Å². The first-order chi connectivity index (χ1) is 12.9. The second-order valence-electron chi connectivity index (χ2n) is 7.25. The van der Waals surface area contributed by atoms with Gasteiger partial charge in [0.25, 0.3) is 5.91 Å². The highest BCUT2D eigenvalue weighted by atomic mass is 32.2. The smallest absolute Gasteiger partial charge is 0.308 e. The minimum Gasteiger partial charge on any atom is -0.481 e. The average molecular weight is 393 g/mol. The van der Waals surface area contributed by atoms with Crippen LogP contribution in [0.15, 0.2) is 29.2 Å². The second kappa shape index (κ2) is 10.3. The molecule has 2 amide bonds. The van der Waals surface area contributed by atoms with Crippen LogP contribution in [0.1, 0.15) is 43.5 Å². The molecule has 1 aliphatic heterocycles. The van der Waals surface area contributed by atoms with E-state index in [1.807, 2.05) is 30.9 Å². The first-order valence-corrected chi connectivity index (χ1v) is 10.4. The first kappa shape index (κ1) is 21.3. The Bertz CT molecular complexity index is 672. The Morgan fingerprint density at radius 2 is 1.85 bits per heavy atom. The van der Waals surface area contributed by atoms with Crippen molar-refractivity contribution in [2.45, 2.75) is 38.0 Å². The maximum absolute atomic E-state index is 12.6. The molecule has 1 fully saturated rings. The summed E-state index contributed by atoms with van der Waals surface area (Å²) < 4.78 is 0. The maximum atomic E-state index is 12.6. The normalized spacial score (nSPS) is 15.0. The summed E-state index contributed by atoms with van der Waals surface area (Å²) >= 11 is 1.35. The molecule has 0 aliphatic carbocycles. The summed E-state index contributed by atoms with van der Waals surface area (Å²) in [5.41, 5.74) is 0.477. The monoisotopic (exact) mass is 392 g/mol. The fourth-order valence-corrected chi connectivity index (χ4v) is 4.08. The first-order valence-electron chi connectivity index (χ1n) is 9.39. The number of likely N-dealkylation sites (tertiary alicyclic amines) is 1. The van der Waals surface area contributed by atoms with Gasteiger partial charge in [-0.25, -0.2) is 0 Å². The van der Waals surface area contributed by atoms with Crippen LogP contribution in [0.3, 0.4) is 0 Å². The van der Waals surface area contributed by atoms with Gasteiger partial charge in [-0.05, 0) is 37.3 Å². The highest BCUT2D eigenvalue weighted by Crippen LogP contribution is 2.24. The van der Waals surface area contributed by atoms with E-state index in [1.54, 1.807) is 12.1 Å². The van der Waals surface area contributed by atoms with Gasteiger partial charge in [-0.15, -0.1) is 11.8 Å². The van der Waals surface area contributed by atoms with Crippen LogP contribution in [0.4, 0.5) is 0 Å². The van der Waals surface area contributed by atoms with E-state index in [-0.39, 0.29) is 24.3 Å². The standard InChI is InChI=1S/C20H28N2O4S/c1-14(2)11-15(20(25)26)12-21-19(24)16-7-3-4-8-17(16)27-13-18(23)22-9-5-6-10-22/h3-4,7-8,14-15H,5-6,9-13H2,1-2H3,(H,21,24)(H,25,26). The van der Waals surface area contributed by atoms with E-state index in [1.165, 1.54) is 11.8 Å². The van der Waals surface area contributed by atoms with Crippen LogP contribution in [0.2, 0.25) is 0 Å². The third kappa shape index (κ3) is 6.57. The summed E-state index contributed by atoms with van der Waals surface area (Å²) in [7, 11) is 0. The lowest BCUT2D eigenvalue weighted by atomic mass is 9.97. The number of aliphatic carboxylic acids is 1. The number of nitrogens with one attached hydrogen (secondary N) is 1. The summed E-state index contributed by atoms with van der Waals surface area (Å²) in [5.74, 6) is -1.18. The number of thioether (sulfide) groups is 1. The summed E-state index contributed by atoms with van der Waals surface area (Å²) in [4.78, 5) is 38.7. The Balaban J connectivity index is 1.95. The van der Waals surface area contributed by atoms with Gasteiger partial charge in [-0.2, -0.15) is 0 Å². The van der Waals surface area contributed by atoms with Crippen LogP contribution in [0.25, 0.3) is 0 Å². The van der Waals surface area contributed by atoms with Crippen molar-refractivity contribution >= 4 is 29.5 Å². The highest BCUT2D eigenvalue weighted by Gasteiger charge is 2.22. The zero-order valence-electron chi connectivity index (χ0n) is 15.9. The molecule has 0 aromatic heterocycles. The van der Waals surface area contributed by atoms with Crippen molar-refractivity contribution in [1.29, 1.82) is 0 Å². The number of carboxylic acid groups (broad SMARTS) is 1. The number of hydrogen-bond acceptors (Lipinski definition) is 4. The molecule has 1 aromatic carbocycles. The SMILES string of the molecule is CC(C)CC(CNC(=O)c1ccccc1SCC(=O)N1CCCC1)C(=O)O. The zero-order chi connectivity index (χ0) is 19.8. The number of benzene rings is 1. The molecular formula is C20H28N2O4S. The van der Waals surface area contributed by atoms with Gasteiger partial charge in [0.15, 0.2) is 0 Å². The van der Waals surface area contributed by atoms with E-state index < -0.39 is 11.9 Å². The molecule has 1 aliphatic rings. The number of carbonyl (C=O) groups is 3. The molecule has 27 heavy (non-hydrogen) atoms. The Labute approximate surface area is 164 Å². The van der Waals surface area contributed by atoms with Crippen molar-refractivity contribution in [3.63, 3.8) is 0 Å². The number of rotatable bonds is 9. The fraction of sp³-hybridized carbons (Fsp3) is 0.550. The van der Waals surface area contributed by atoms with E-state index in [2.05, 4.69) is 5.32 Å². The molecule has 0 saturated carbocycles. The van der Waals surface area contributed by atoms with Crippen LogP contribution in [-0.2, 0) is 9.59 Å². The number of amides is 2. The molecule has 1 heterocycles. The van der Waals surface area contributed by atoms with E-state index >= 15 is 0 Å². The Morgan fingerprint density at radius 1 is 1.19 bits per heavy atom. The summed E-state index contributed by atoms with van der Waals surface area (Å²) in [6.07, 6.45) is 2.61. The molecule has 2 rings (SSSR count). The molecule has 2 N–H and O–H groups in total. The third-order valence-electron chi connectivity index (χ3n) is 4.56. The van der Waals surface area contributed by atoms with Gasteiger partial charge in [0.05, 0.1) is 17.2 Å².